The third-order valence-corrected chi connectivity index (χ3v) is 3.60. The number of benzene rings is 1. The molecule has 0 saturated heterocycles. The second kappa shape index (κ2) is 6.02. The van der Waals surface area contributed by atoms with Gasteiger partial charge in [-0.05, 0) is 19.1 Å². The molecule has 2 heterocycles. The summed E-state index contributed by atoms with van der Waals surface area (Å²) in [6.45, 7) is 3.58. The third kappa shape index (κ3) is 2.79. The van der Waals surface area contributed by atoms with Crippen LogP contribution in [-0.4, -0.2) is 30.4 Å². The lowest BCUT2D eigenvalue weighted by atomic mass is 10.2. The van der Waals surface area contributed by atoms with Crippen molar-refractivity contribution in [3.05, 3.63) is 42.7 Å². The Morgan fingerprint density at radius 2 is 2.14 bits per heavy atom. The van der Waals surface area contributed by atoms with Crippen LogP contribution in [0.15, 0.2) is 36.9 Å². The number of aryl methyl sites for hydroxylation is 1. The van der Waals surface area contributed by atoms with Gasteiger partial charge in [-0.15, -0.1) is 0 Å². The SMILES string of the molecule is CCn1ncnc1CC(Cn1cnc2ccccc21)NN. The third-order valence-electron chi connectivity index (χ3n) is 3.60. The highest BCUT2D eigenvalue weighted by atomic mass is 15.3. The van der Waals surface area contributed by atoms with E-state index < -0.39 is 0 Å². The summed E-state index contributed by atoms with van der Waals surface area (Å²) in [6, 6.07) is 8.13. The molecule has 7 nitrogen and oxygen atoms in total. The van der Waals surface area contributed by atoms with Gasteiger partial charge in [0.05, 0.1) is 17.4 Å². The fraction of sp³-hybridized carbons (Fsp3) is 0.357. The smallest absolute Gasteiger partial charge is 0.138 e. The van der Waals surface area contributed by atoms with Gasteiger partial charge >= 0.3 is 0 Å². The van der Waals surface area contributed by atoms with Gasteiger partial charge in [-0.2, -0.15) is 5.10 Å². The molecule has 0 fully saturated rings. The van der Waals surface area contributed by atoms with Crippen LogP contribution in [0.25, 0.3) is 11.0 Å². The van der Waals surface area contributed by atoms with Crippen molar-refractivity contribution in [2.24, 2.45) is 5.84 Å². The second-order valence-corrected chi connectivity index (χ2v) is 4.95. The first-order valence-electron chi connectivity index (χ1n) is 7.04. The Kier molecular flexibility index (Phi) is 3.94. The van der Waals surface area contributed by atoms with E-state index in [2.05, 4.69) is 31.1 Å². The zero-order chi connectivity index (χ0) is 14.7. The molecule has 0 aliphatic carbocycles. The Morgan fingerprint density at radius 3 is 2.95 bits per heavy atom. The molecule has 110 valence electrons. The van der Waals surface area contributed by atoms with E-state index in [9.17, 15) is 0 Å². The Bertz CT molecular complexity index is 715. The predicted molar refractivity (Wildman–Crippen MR) is 80.2 cm³/mol. The molecular weight excluding hydrogens is 266 g/mol. The first-order valence-corrected chi connectivity index (χ1v) is 7.04. The topological polar surface area (TPSA) is 86.6 Å². The molecular formula is C14H19N7. The minimum Gasteiger partial charge on any atom is -0.329 e. The van der Waals surface area contributed by atoms with Crippen LogP contribution in [0.4, 0.5) is 0 Å². The fourth-order valence-corrected chi connectivity index (χ4v) is 2.50. The molecule has 2 aromatic heterocycles. The highest BCUT2D eigenvalue weighted by molar-refractivity contribution is 5.74. The fourth-order valence-electron chi connectivity index (χ4n) is 2.50. The van der Waals surface area contributed by atoms with Crippen molar-refractivity contribution < 1.29 is 0 Å². The van der Waals surface area contributed by atoms with Crippen molar-refractivity contribution >= 4 is 11.0 Å². The van der Waals surface area contributed by atoms with Crippen molar-refractivity contribution in [2.75, 3.05) is 0 Å². The van der Waals surface area contributed by atoms with Crippen LogP contribution in [0, 0.1) is 0 Å². The lowest BCUT2D eigenvalue weighted by Crippen LogP contribution is -2.40. The monoisotopic (exact) mass is 285 g/mol. The second-order valence-electron chi connectivity index (χ2n) is 4.95. The zero-order valence-electron chi connectivity index (χ0n) is 12.0. The molecule has 0 amide bonds. The van der Waals surface area contributed by atoms with Gasteiger partial charge in [0.25, 0.3) is 0 Å². The molecule has 1 aromatic carbocycles. The van der Waals surface area contributed by atoms with Gasteiger partial charge < -0.3 is 4.57 Å². The number of rotatable bonds is 6. The molecule has 0 radical (unpaired) electrons. The number of nitrogens with two attached hydrogens (primary N) is 1. The van der Waals surface area contributed by atoms with Crippen LogP contribution in [-0.2, 0) is 19.5 Å². The van der Waals surface area contributed by atoms with Crippen LogP contribution in [0.2, 0.25) is 0 Å². The van der Waals surface area contributed by atoms with Gasteiger partial charge in [0.1, 0.15) is 12.2 Å². The van der Waals surface area contributed by atoms with Crippen LogP contribution >= 0.6 is 0 Å². The summed E-state index contributed by atoms with van der Waals surface area (Å²) in [4.78, 5) is 8.70. The van der Waals surface area contributed by atoms with E-state index in [0.717, 1.165) is 36.4 Å². The van der Waals surface area contributed by atoms with E-state index in [1.54, 1.807) is 6.33 Å². The number of aromatic nitrogens is 5. The molecule has 0 aliphatic rings. The van der Waals surface area contributed by atoms with E-state index in [1.165, 1.54) is 0 Å². The first-order chi connectivity index (χ1) is 10.3. The minimum atomic E-state index is 0.0668. The lowest BCUT2D eigenvalue weighted by molar-refractivity contribution is 0.441. The van der Waals surface area contributed by atoms with Crippen LogP contribution < -0.4 is 11.3 Å². The molecule has 1 atom stereocenters. The Hall–Kier alpha value is -2.25. The van der Waals surface area contributed by atoms with Crippen LogP contribution in [0.3, 0.4) is 0 Å². The molecule has 3 rings (SSSR count). The number of para-hydroxylation sites is 2. The molecule has 0 bridgehead atoms. The summed E-state index contributed by atoms with van der Waals surface area (Å²) in [6.07, 6.45) is 4.15. The lowest BCUT2D eigenvalue weighted by Gasteiger charge is -2.16. The van der Waals surface area contributed by atoms with Crippen LogP contribution in [0.1, 0.15) is 12.7 Å². The molecule has 0 saturated carbocycles. The maximum absolute atomic E-state index is 5.70. The van der Waals surface area contributed by atoms with Gasteiger partial charge in [-0.3, -0.25) is 16.0 Å². The van der Waals surface area contributed by atoms with E-state index in [-0.39, 0.29) is 6.04 Å². The summed E-state index contributed by atoms with van der Waals surface area (Å²) in [5.74, 6) is 6.64. The first kappa shape index (κ1) is 13.7. The number of hydrogen-bond donors (Lipinski definition) is 2. The van der Waals surface area contributed by atoms with E-state index in [4.69, 9.17) is 5.84 Å². The Labute approximate surface area is 122 Å². The van der Waals surface area contributed by atoms with E-state index in [0.29, 0.717) is 0 Å². The quantitative estimate of drug-likeness (QED) is 0.515. The predicted octanol–water partition coefficient (Wildman–Crippen LogP) is 0.722. The van der Waals surface area contributed by atoms with Gasteiger partial charge in [-0.1, -0.05) is 12.1 Å². The van der Waals surface area contributed by atoms with Crippen molar-refractivity contribution in [2.45, 2.75) is 32.5 Å². The molecule has 7 heteroatoms. The number of hydrogen-bond acceptors (Lipinski definition) is 5. The molecule has 21 heavy (non-hydrogen) atoms. The number of imidazole rings is 1. The maximum atomic E-state index is 5.70. The van der Waals surface area contributed by atoms with Crippen molar-refractivity contribution in [1.82, 2.24) is 29.7 Å². The van der Waals surface area contributed by atoms with Crippen molar-refractivity contribution in [1.29, 1.82) is 0 Å². The van der Waals surface area contributed by atoms with Crippen LogP contribution in [0.5, 0.6) is 0 Å². The summed E-state index contributed by atoms with van der Waals surface area (Å²) in [5.41, 5.74) is 4.96. The standard InChI is InChI=1S/C14H19N7/c1-2-21-14(16-9-18-21)7-11(19-15)8-20-10-17-12-5-3-4-6-13(12)20/h3-6,9-11,19H,2,7-8,15H2,1H3. The maximum Gasteiger partial charge on any atom is 0.138 e. The molecule has 0 aliphatic heterocycles. The van der Waals surface area contributed by atoms with E-state index >= 15 is 0 Å². The summed E-state index contributed by atoms with van der Waals surface area (Å²) in [7, 11) is 0. The molecule has 3 N–H and O–H groups in total. The van der Waals surface area contributed by atoms with Crippen molar-refractivity contribution in [3.63, 3.8) is 0 Å². The van der Waals surface area contributed by atoms with Gasteiger partial charge in [0.2, 0.25) is 0 Å². The number of hydrazine groups is 1. The molecule has 1 unspecified atom stereocenters. The summed E-state index contributed by atoms with van der Waals surface area (Å²) < 4.78 is 3.99. The average Bonchev–Trinajstić information content (AvgIpc) is 3.13. The number of fused-ring (bicyclic) bond motifs is 1. The summed E-state index contributed by atoms with van der Waals surface area (Å²) in [5, 5.41) is 4.19. The normalized spacial score (nSPS) is 12.9. The highest BCUT2D eigenvalue weighted by Gasteiger charge is 2.14. The zero-order valence-corrected chi connectivity index (χ0v) is 12.0. The number of nitrogens with zero attached hydrogens (tertiary/aromatic N) is 5. The Balaban J connectivity index is 1.78. The highest BCUT2D eigenvalue weighted by Crippen LogP contribution is 2.13. The molecule has 3 aromatic rings. The Morgan fingerprint density at radius 1 is 1.29 bits per heavy atom. The largest absolute Gasteiger partial charge is 0.329 e. The van der Waals surface area contributed by atoms with E-state index in [1.807, 2.05) is 36.1 Å². The van der Waals surface area contributed by atoms with Gasteiger partial charge in [0, 0.05) is 25.6 Å². The average molecular weight is 285 g/mol. The van der Waals surface area contributed by atoms with Gasteiger partial charge in [0.15, 0.2) is 0 Å². The summed E-state index contributed by atoms with van der Waals surface area (Å²) >= 11 is 0. The van der Waals surface area contributed by atoms with Crippen molar-refractivity contribution in [3.8, 4) is 0 Å². The number of nitrogens with one attached hydrogen (secondary N) is 1. The molecule has 0 spiro atoms. The van der Waals surface area contributed by atoms with Gasteiger partial charge in [-0.25, -0.2) is 9.97 Å². The minimum absolute atomic E-state index is 0.0668.